The third-order valence-corrected chi connectivity index (χ3v) is 4.62. The molecule has 0 N–H and O–H groups in total. The van der Waals surface area contributed by atoms with E-state index in [1.807, 2.05) is 19.1 Å². The lowest BCUT2D eigenvalue weighted by Crippen LogP contribution is -2.19. The molecule has 0 saturated carbocycles. The molecule has 0 saturated heterocycles. The van der Waals surface area contributed by atoms with Gasteiger partial charge < -0.3 is 0 Å². The quantitative estimate of drug-likeness (QED) is 0.669. The van der Waals surface area contributed by atoms with E-state index in [-0.39, 0.29) is 5.69 Å². The Morgan fingerprint density at radius 1 is 1.23 bits per heavy atom. The third-order valence-electron chi connectivity index (χ3n) is 3.13. The monoisotopic (exact) mass is 351 g/mol. The molecular formula is C15H11Cl2N3OS. The highest BCUT2D eigenvalue weighted by Gasteiger charge is 2.08. The normalized spacial score (nSPS) is 11.0. The third kappa shape index (κ3) is 3.11. The molecule has 2 heterocycles. The highest BCUT2D eigenvalue weighted by atomic mass is 35.5. The van der Waals surface area contributed by atoms with Crippen molar-refractivity contribution >= 4 is 40.6 Å². The molecule has 0 aliphatic carbocycles. The van der Waals surface area contributed by atoms with Crippen LogP contribution in [0.2, 0.25) is 10.0 Å². The summed E-state index contributed by atoms with van der Waals surface area (Å²) in [5.41, 5.74) is 2.13. The minimum absolute atomic E-state index is 0.335. The first-order valence-electron chi connectivity index (χ1n) is 6.47. The summed E-state index contributed by atoms with van der Waals surface area (Å²) in [5, 5.41) is 1.62. The van der Waals surface area contributed by atoms with Crippen LogP contribution in [-0.4, -0.2) is 14.4 Å². The molecule has 112 valence electrons. The van der Waals surface area contributed by atoms with Crippen molar-refractivity contribution in [2.75, 3.05) is 0 Å². The number of halogens is 2. The van der Waals surface area contributed by atoms with E-state index in [2.05, 4.69) is 9.97 Å². The molecule has 0 radical (unpaired) electrons. The highest BCUT2D eigenvalue weighted by molar-refractivity contribution is 7.98. The molecule has 0 aliphatic rings. The van der Waals surface area contributed by atoms with Crippen molar-refractivity contribution in [3.05, 3.63) is 68.2 Å². The standard InChI is InChI=1S/C15H11Cl2N3OS/c1-9-3-2-6-20-13(9)18-14(19-15(20)21)22-8-10-4-5-11(16)7-12(10)17/h2-7H,8H2,1H3. The lowest BCUT2D eigenvalue weighted by molar-refractivity contribution is 0.842. The van der Waals surface area contributed by atoms with Gasteiger partial charge in [-0.3, -0.25) is 4.40 Å². The summed E-state index contributed by atoms with van der Waals surface area (Å²) in [5.74, 6) is 0.567. The van der Waals surface area contributed by atoms with Crippen LogP contribution in [0, 0.1) is 6.92 Å². The largest absolute Gasteiger partial charge is 0.355 e. The van der Waals surface area contributed by atoms with Crippen LogP contribution in [0.3, 0.4) is 0 Å². The number of nitrogens with zero attached hydrogens (tertiary/aromatic N) is 3. The second-order valence-electron chi connectivity index (χ2n) is 4.70. The SMILES string of the molecule is Cc1cccn2c(=O)nc(SCc3ccc(Cl)cc3Cl)nc12. The number of aromatic nitrogens is 3. The lowest BCUT2D eigenvalue weighted by atomic mass is 10.2. The molecule has 0 aliphatic heterocycles. The van der Waals surface area contributed by atoms with Gasteiger partial charge in [0.2, 0.25) is 0 Å². The molecular weight excluding hydrogens is 341 g/mol. The van der Waals surface area contributed by atoms with Crippen LogP contribution in [0.4, 0.5) is 0 Å². The van der Waals surface area contributed by atoms with Crippen LogP contribution in [-0.2, 0) is 5.75 Å². The van der Waals surface area contributed by atoms with E-state index in [4.69, 9.17) is 23.2 Å². The second-order valence-corrected chi connectivity index (χ2v) is 6.48. The first-order chi connectivity index (χ1) is 10.5. The van der Waals surface area contributed by atoms with Crippen molar-refractivity contribution in [3.8, 4) is 0 Å². The zero-order valence-corrected chi connectivity index (χ0v) is 13.9. The number of pyridine rings is 1. The molecule has 22 heavy (non-hydrogen) atoms. The molecule has 7 heteroatoms. The predicted octanol–water partition coefficient (Wildman–Crippen LogP) is 4.00. The van der Waals surface area contributed by atoms with Crippen molar-refractivity contribution in [1.82, 2.24) is 14.4 Å². The maximum absolute atomic E-state index is 12.0. The van der Waals surface area contributed by atoms with Gasteiger partial charge in [-0.25, -0.2) is 9.78 Å². The first kappa shape index (κ1) is 15.3. The van der Waals surface area contributed by atoms with E-state index in [0.717, 1.165) is 11.1 Å². The summed E-state index contributed by atoms with van der Waals surface area (Å²) in [6.45, 7) is 1.91. The van der Waals surface area contributed by atoms with Gasteiger partial charge in [0, 0.05) is 22.0 Å². The van der Waals surface area contributed by atoms with Gasteiger partial charge >= 0.3 is 5.69 Å². The van der Waals surface area contributed by atoms with Crippen LogP contribution in [0.1, 0.15) is 11.1 Å². The molecule has 0 amide bonds. The number of fused-ring (bicyclic) bond motifs is 1. The fourth-order valence-corrected chi connectivity index (χ4v) is 3.39. The van der Waals surface area contributed by atoms with Crippen LogP contribution >= 0.6 is 35.0 Å². The van der Waals surface area contributed by atoms with E-state index in [1.54, 1.807) is 24.4 Å². The summed E-state index contributed by atoms with van der Waals surface area (Å²) in [4.78, 5) is 20.5. The summed E-state index contributed by atoms with van der Waals surface area (Å²) >= 11 is 13.4. The number of benzene rings is 1. The number of aryl methyl sites for hydroxylation is 1. The van der Waals surface area contributed by atoms with Gasteiger partial charge in [-0.1, -0.05) is 47.1 Å². The molecule has 2 aromatic heterocycles. The van der Waals surface area contributed by atoms with Gasteiger partial charge in [-0.2, -0.15) is 4.98 Å². The molecule has 0 unspecified atom stereocenters. The summed E-state index contributed by atoms with van der Waals surface area (Å²) in [7, 11) is 0. The minimum atomic E-state index is -0.335. The molecule has 0 fully saturated rings. The molecule has 0 spiro atoms. The Balaban J connectivity index is 1.91. The second kappa shape index (κ2) is 6.28. The molecule has 3 aromatic rings. The Labute approximate surface area is 141 Å². The lowest BCUT2D eigenvalue weighted by Gasteiger charge is -2.06. The fraction of sp³-hybridized carbons (Fsp3) is 0.133. The number of hydrogen-bond acceptors (Lipinski definition) is 4. The topological polar surface area (TPSA) is 47.3 Å². The van der Waals surface area contributed by atoms with E-state index in [1.165, 1.54) is 16.2 Å². The van der Waals surface area contributed by atoms with Gasteiger partial charge in [-0.05, 0) is 36.2 Å². The Morgan fingerprint density at radius 3 is 2.82 bits per heavy atom. The Hall–Kier alpha value is -1.56. The first-order valence-corrected chi connectivity index (χ1v) is 8.21. The van der Waals surface area contributed by atoms with E-state index < -0.39 is 0 Å². The Bertz CT molecular complexity index is 911. The molecule has 4 nitrogen and oxygen atoms in total. The predicted molar refractivity (Wildman–Crippen MR) is 90.0 cm³/mol. The van der Waals surface area contributed by atoms with E-state index in [9.17, 15) is 4.79 Å². The molecule has 0 atom stereocenters. The molecule has 1 aromatic carbocycles. The van der Waals surface area contributed by atoms with Crippen molar-refractivity contribution in [2.24, 2.45) is 0 Å². The van der Waals surface area contributed by atoms with Crippen LogP contribution in [0.25, 0.3) is 5.65 Å². The summed E-state index contributed by atoms with van der Waals surface area (Å²) < 4.78 is 1.44. The Kier molecular flexibility index (Phi) is 4.38. The van der Waals surface area contributed by atoms with Crippen LogP contribution < -0.4 is 5.69 Å². The smallest absolute Gasteiger partial charge is 0.251 e. The van der Waals surface area contributed by atoms with Gasteiger partial charge in [-0.15, -0.1) is 0 Å². The molecule has 3 rings (SSSR count). The Morgan fingerprint density at radius 2 is 2.05 bits per heavy atom. The number of thioether (sulfide) groups is 1. The van der Waals surface area contributed by atoms with E-state index in [0.29, 0.717) is 26.6 Å². The maximum atomic E-state index is 12.0. The fourth-order valence-electron chi connectivity index (χ4n) is 2.00. The summed E-state index contributed by atoms with van der Waals surface area (Å²) in [6.07, 6.45) is 1.66. The zero-order chi connectivity index (χ0) is 15.7. The van der Waals surface area contributed by atoms with Crippen molar-refractivity contribution < 1.29 is 0 Å². The maximum Gasteiger partial charge on any atom is 0.355 e. The van der Waals surface area contributed by atoms with Crippen LogP contribution in [0.15, 0.2) is 46.5 Å². The van der Waals surface area contributed by atoms with Crippen molar-refractivity contribution in [1.29, 1.82) is 0 Å². The summed E-state index contributed by atoms with van der Waals surface area (Å²) in [6, 6.07) is 9.04. The van der Waals surface area contributed by atoms with Gasteiger partial charge in [0.25, 0.3) is 0 Å². The zero-order valence-electron chi connectivity index (χ0n) is 11.6. The number of hydrogen-bond donors (Lipinski definition) is 0. The van der Waals surface area contributed by atoms with Gasteiger partial charge in [0.05, 0.1) is 0 Å². The number of rotatable bonds is 3. The van der Waals surface area contributed by atoms with E-state index >= 15 is 0 Å². The average Bonchev–Trinajstić information content (AvgIpc) is 2.47. The van der Waals surface area contributed by atoms with Gasteiger partial charge in [0.1, 0.15) is 5.65 Å². The minimum Gasteiger partial charge on any atom is -0.251 e. The average molecular weight is 352 g/mol. The van der Waals surface area contributed by atoms with Crippen molar-refractivity contribution in [2.45, 2.75) is 17.8 Å². The van der Waals surface area contributed by atoms with Crippen LogP contribution in [0.5, 0.6) is 0 Å². The van der Waals surface area contributed by atoms with Crippen molar-refractivity contribution in [3.63, 3.8) is 0 Å². The molecule has 0 bridgehead atoms. The van der Waals surface area contributed by atoms with Gasteiger partial charge in [0.15, 0.2) is 5.16 Å². The highest BCUT2D eigenvalue weighted by Crippen LogP contribution is 2.26.